The average molecular weight is 235 g/mol. The molecule has 0 atom stereocenters. The van der Waals surface area contributed by atoms with Gasteiger partial charge in [0.1, 0.15) is 0 Å². The van der Waals surface area contributed by atoms with Crippen molar-refractivity contribution in [1.29, 1.82) is 0 Å². The van der Waals surface area contributed by atoms with E-state index in [2.05, 4.69) is 5.32 Å². The number of halogens is 3. The predicted molar refractivity (Wildman–Crippen MR) is 57.1 cm³/mol. The van der Waals surface area contributed by atoms with Crippen LogP contribution >= 0.6 is 11.8 Å². The maximum atomic E-state index is 12.0. The number of nitrogens with one attached hydrogen (secondary N) is 1. The number of hydrogen-bond donors (Lipinski definition) is 1. The molecule has 0 aliphatic rings. The van der Waals surface area contributed by atoms with Gasteiger partial charge in [0, 0.05) is 16.6 Å². The molecule has 0 unspecified atom stereocenters. The molecule has 0 heterocycles. The van der Waals surface area contributed by atoms with E-state index in [1.54, 1.807) is 12.1 Å². The summed E-state index contributed by atoms with van der Waals surface area (Å²) in [6.07, 6.45) is 0. The SMILES string of the molecule is CC(C)Nc1ccc(SC(F)(F)F)cc1. The summed E-state index contributed by atoms with van der Waals surface area (Å²) in [6.45, 7) is 3.94. The van der Waals surface area contributed by atoms with Crippen LogP contribution in [-0.2, 0) is 0 Å². The van der Waals surface area contributed by atoms with Crippen molar-refractivity contribution in [1.82, 2.24) is 0 Å². The van der Waals surface area contributed by atoms with Crippen LogP contribution in [0.3, 0.4) is 0 Å². The Bertz CT molecular complexity index is 305. The summed E-state index contributed by atoms with van der Waals surface area (Å²) < 4.78 is 36.0. The van der Waals surface area contributed by atoms with Crippen molar-refractivity contribution < 1.29 is 13.2 Å². The van der Waals surface area contributed by atoms with Gasteiger partial charge >= 0.3 is 5.51 Å². The Hall–Kier alpha value is -0.840. The zero-order chi connectivity index (χ0) is 11.5. The largest absolute Gasteiger partial charge is 0.446 e. The Morgan fingerprint density at radius 2 is 1.67 bits per heavy atom. The fraction of sp³-hybridized carbons (Fsp3) is 0.400. The smallest absolute Gasteiger partial charge is 0.383 e. The lowest BCUT2D eigenvalue weighted by Crippen LogP contribution is -2.09. The minimum Gasteiger partial charge on any atom is -0.383 e. The highest BCUT2D eigenvalue weighted by Gasteiger charge is 2.28. The van der Waals surface area contributed by atoms with Crippen LogP contribution < -0.4 is 5.32 Å². The normalized spacial score (nSPS) is 11.9. The van der Waals surface area contributed by atoms with Crippen LogP contribution in [0.15, 0.2) is 29.2 Å². The molecule has 0 aliphatic heterocycles. The summed E-state index contributed by atoms with van der Waals surface area (Å²) >= 11 is -0.0994. The fourth-order valence-electron chi connectivity index (χ4n) is 1.09. The highest BCUT2D eigenvalue weighted by molar-refractivity contribution is 8.00. The van der Waals surface area contributed by atoms with Gasteiger partial charge in [0.15, 0.2) is 0 Å². The summed E-state index contributed by atoms with van der Waals surface area (Å²) in [5, 5.41) is 3.10. The molecule has 1 N–H and O–H groups in total. The van der Waals surface area contributed by atoms with Crippen molar-refractivity contribution in [2.45, 2.75) is 30.3 Å². The summed E-state index contributed by atoms with van der Waals surface area (Å²) in [6, 6.07) is 6.49. The van der Waals surface area contributed by atoms with Crippen LogP contribution in [0.25, 0.3) is 0 Å². The molecular formula is C10H12F3NS. The molecule has 0 bridgehead atoms. The standard InChI is InChI=1S/C10H12F3NS/c1-7(2)14-8-3-5-9(6-4-8)15-10(11,12)13/h3-7,14H,1-2H3. The molecule has 0 aliphatic carbocycles. The Morgan fingerprint density at radius 3 is 2.07 bits per heavy atom. The summed E-state index contributed by atoms with van der Waals surface area (Å²) in [5.41, 5.74) is -3.39. The topological polar surface area (TPSA) is 12.0 Å². The van der Waals surface area contributed by atoms with E-state index in [1.807, 2.05) is 13.8 Å². The van der Waals surface area contributed by atoms with Gasteiger partial charge in [-0.05, 0) is 49.9 Å². The molecule has 15 heavy (non-hydrogen) atoms. The Kier molecular flexibility index (Phi) is 3.90. The molecular weight excluding hydrogens is 223 g/mol. The second-order valence-electron chi connectivity index (χ2n) is 3.37. The number of benzene rings is 1. The third kappa shape index (κ3) is 4.97. The zero-order valence-electron chi connectivity index (χ0n) is 8.43. The van der Waals surface area contributed by atoms with Gasteiger partial charge in [0.05, 0.1) is 0 Å². The van der Waals surface area contributed by atoms with Crippen LogP contribution in [-0.4, -0.2) is 11.6 Å². The summed E-state index contributed by atoms with van der Waals surface area (Å²) in [5.74, 6) is 0. The lowest BCUT2D eigenvalue weighted by molar-refractivity contribution is -0.0328. The van der Waals surface area contributed by atoms with Gasteiger partial charge in [-0.15, -0.1) is 0 Å². The Balaban J connectivity index is 2.64. The molecule has 0 spiro atoms. The van der Waals surface area contributed by atoms with Gasteiger partial charge in [-0.3, -0.25) is 0 Å². The van der Waals surface area contributed by atoms with Crippen LogP contribution in [0, 0.1) is 0 Å². The lowest BCUT2D eigenvalue weighted by atomic mass is 10.3. The van der Waals surface area contributed by atoms with Gasteiger partial charge in [0.2, 0.25) is 0 Å². The van der Waals surface area contributed by atoms with E-state index in [9.17, 15) is 13.2 Å². The molecule has 1 aromatic rings. The van der Waals surface area contributed by atoms with Crippen molar-refractivity contribution in [3.8, 4) is 0 Å². The van der Waals surface area contributed by atoms with E-state index < -0.39 is 5.51 Å². The monoisotopic (exact) mass is 235 g/mol. The molecule has 5 heteroatoms. The molecule has 1 aromatic carbocycles. The molecule has 0 saturated carbocycles. The van der Waals surface area contributed by atoms with E-state index in [1.165, 1.54) is 12.1 Å². The first-order valence-corrected chi connectivity index (χ1v) is 5.31. The summed E-state index contributed by atoms with van der Waals surface area (Å²) in [7, 11) is 0. The van der Waals surface area contributed by atoms with Crippen molar-refractivity contribution >= 4 is 17.4 Å². The molecule has 0 saturated heterocycles. The average Bonchev–Trinajstić information content (AvgIpc) is 2.05. The van der Waals surface area contributed by atoms with E-state index in [0.29, 0.717) is 0 Å². The van der Waals surface area contributed by atoms with Crippen LogP contribution in [0.2, 0.25) is 0 Å². The lowest BCUT2D eigenvalue weighted by Gasteiger charge is -2.10. The third-order valence-electron chi connectivity index (χ3n) is 1.54. The van der Waals surface area contributed by atoms with Gasteiger partial charge in [-0.25, -0.2) is 0 Å². The number of thioether (sulfide) groups is 1. The van der Waals surface area contributed by atoms with E-state index in [4.69, 9.17) is 0 Å². The van der Waals surface area contributed by atoms with Gasteiger partial charge in [0.25, 0.3) is 0 Å². The minimum absolute atomic E-state index is 0.0994. The molecule has 0 fully saturated rings. The molecule has 0 radical (unpaired) electrons. The van der Waals surface area contributed by atoms with Crippen LogP contribution in [0.1, 0.15) is 13.8 Å². The van der Waals surface area contributed by atoms with E-state index in [-0.39, 0.29) is 22.7 Å². The first-order valence-electron chi connectivity index (χ1n) is 4.49. The maximum Gasteiger partial charge on any atom is 0.446 e. The first-order chi connectivity index (χ1) is 6.87. The van der Waals surface area contributed by atoms with Gasteiger partial charge in [-0.2, -0.15) is 13.2 Å². The van der Waals surface area contributed by atoms with Crippen molar-refractivity contribution in [2.24, 2.45) is 0 Å². The van der Waals surface area contributed by atoms with Crippen molar-refractivity contribution in [3.05, 3.63) is 24.3 Å². The van der Waals surface area contributed by atoms with Crippen molar-refractivity contribution in [2.75, 3.05) is 5.32 Å². The van der Waals surface area contributed by atoms with E-state index >= 15 is 0 Å². The Labute approximate surface area is 91.1 Å². The molecule has 84 valence electrons. The van der Waals surface area contributed by atoms with Gasteiger partial charge < -0.3 is 5.32 Å². The van der Waals surface area contributed by atoms with Gasteiger partial charge in [-0.1, -0.05) is 0 Å². The van der Waals surface area contributed by atoms with E-state index in [0.717, 1.165) is 5.69 Å². The molecule has 0 amide bonds. The number of rotatable bonds is 3. The second kappa shape index (κ2) is 4.79. The van der Waals surface area contributed by atoms with Crippen molar-refractivity contribution in [3.63, 3.8) is 0 Å². The number of hydrogen-bond acceptors (Lipinski definition) is 2. The second-order valence-corrected chi connectivity index (χ2v) is 4.51. The van der Waals surface area contributed by atoms with Crippen LogP contribution in [0.5, 0.6) is 0 Å². The Morgan fingerprint density at radius 1 is 1.13 bits per heavy atom. The molecule has 1 rings (SSSR count). The third-order valence-corrected chi connectivity index (χ3v) is 2.28. The molecule has 1 nitrogen and oxygen atoms in total. The van der Waals surface area contributed by atoms with Crippen LogP contribution in [0.4, 0.5) is 18.9 Å². The highest BCUT2D eigenvalue weighted by Crippen LogP contribution is 2.36. The quantitative estimate of drug-likeness (QED) is 0.791. The predicted octanol–water partition coefficient (Wildman–Crippen LogP) is 4.12. The number of anilines is 1. The molecule has 0 aromatic heterocycles. The first kappa shape index (κ1) is 12.2. The summed E-state index contributed by atoms with van der Waals surface area (Å²) in [4.78, 5) is 0.205. The maximum absolute atomic E-state index is 12.0. The minimum atomic E-state index is -4.22. The zero-order valence-corrected chi connectivity index (χ0v) is 9.25. The number of alkyl halides is 3. The highest BCUT2D eigenvalue weighted by atomic mass is 32.2. The fourth-order valence-corrected chi connectivity index (χ4v) is 1.63.